The van der Waals surface area contributed by atoms with Gasteiger partial charge in [-0.3, -0.25) is 19.7 Å². The quantitative estimate of drug-likeness (QED) is 0.191. The molecule has 0 spiro atoms. The van der Waals surface area contributed by atoms with Gasteiger partial charge in [0, 0.05) is 39.0 Å². The van der Waals surface area contributed by atoms with Crippen LogP contribution in [0.1, 0.15) is 34.1 Å². The van der Waals surface area contributed by atoms with E-state index in [-0.39, 0.29) is 11.9 Å². The molecule has 0 bridgehead atoms. The molecule has 0 aliphatic heterocycles. The molecule has 0 aliphatic rings. The third-order valence-electron chi connectivity index (χ3n) is 1.33. The zero-order valence-electron chi connectivity index (χ0n) is 10.9. The highest BCUT2D eigenvalue weighted by molar-refractivity contribution is 9.10. The second kappa shape index (κ2) is 9.81. The summed E-state index contributed by atoms with van der Waals surface area (Å²) in [6.07, 6.45) is 0.555. The number of esters is 2. The molecule has 0 aromatic rings. The van der Waals surface area contributed by atoms with Gasteiger partial charge in [-0.25, -0.2) is 0 Å². The lowest BCUT2D eigenvalue weighted by Gasteiger charge is -2.03. The largest absolute Gasteiger partial charge is 0.466 e. The van der Waals surface area contributed by atoms with E-state index >= 15 is 0 Å². The lowest BCUT2D eigenvalue weighted by molar-refractivity contribution is -0.526. The minimum atomic E-state index is -0.965. The minimum Gasteiger partial charge on any atom is -0.466 e. The number of carbonyl (C=O) groups is 2. The van der Waals surface area contributed by atoms with Crippen LogP contribution in [-0.2, 0) is 19.1 Å². The summed E-state index contributed by atoms with van der Waals surface area (Å²) in [7, 11) is 0. The Bertz CT molecular complexity index is 271. The zero-order valence-corrected chi connectivity index (χ0v) is 12.5. The molecule has 106 valence electrons. The molecule has 18 heavy (non-hydrogen) atoms. The van der Waals surface area contributed by atoms with Crippen molar-refractivity contribution in [2.24, 2.45) is 0 Å². The number of nitro groups is 1. The Balaban J connectivity index is 0. The lowest BCUT2D eigenvalue weighted by atomic mass is 10.4. The minimum absolute atomic E-state index is 0.308. The summed E-state index contributed by atoms with van der Waals surface area (Å²) in [4.78, 5) is 29.8. The molecular weight excluding hydrogens is 310 g/mol. The maximum atomic E-state index is 10.2. The van der Waals surface area contributed by atoms with Gasteiger partial charge >= 0.3 is 11.9 Å². The van der Waals surface area contributed by atoms with Crippen LogP contribution in [0.4, 0.5) is 0 Å². The molecule has 0 saturated heterocycles. The number of nitrogens with zero attached hydrogens (tertiary/aromatic N) is 1. The summed E-state index contributed by atoms with van der Waals surface area (Å²) in [6, 6.07) is 0. The second-order valence-corrected chi connectivity index (χ2v) is 5.64. The molecule has 8 heteroatoms. The summed E-state index contributed by atoms with van der Waals surface area (Å²) in [6.45, 7) is 6.25. The van der Waals surface area contributed by atoms with Crippen molar-refractivity contribution >= 4 is 27.9 Å². The molecule has 0 rings (SSSR count). The third kappa shape index (κ3) is 17.2. The summed E-state index contributed by atoms with van der Waals surface area (Å²) < 4.78 is 8.22. The van der Waals surface area contributed by atoms with E-state index < -0.39 is 9.37 Å². The Labute approximate surface area is 114 Å². The van der Waals surface area contributed by atoms with E-state index in [2.05, 4.69) is 25.4 Å². The van der Waals surface area contributed by atoms with E-state index in [9.17, 15) is 19.7 Å². The van der Waals surface area contributed by atoms with E-state index in [0.717, 1.165) is 0 Å². The normalized spacial score (nSPS) is 9.83. The highest BCUT2D eigenvalue weighted by Crippen LogP contribution is 2.14. The number of carbonyl (C=O) groups excluding carboxylic acids is 2. The molecule has 0 fully saturated rings. The van der Waals surface area contributed by atoms with Crippen LogP contribution < -0.4 is 0 Å². The topological polar surface area (TPSA) is 95.7 Å². The molecule has 0 amide bonds. The molecule has 0 aromatic carbocycles. The van der Waals surface area contributed by atoms with E-state index in [1.807, 2.05) is 0 Å². The first-order valence-electron chi connectivity index (χ1n) is 5.17. The summed E-state index contributed by atoms with van der Waals surface area (Å²) >= 11 is 2.84. The lowest BCUT2D eigenvalue weighted by Crippen LogP contribution is -2.21. The van der Waals surface area contributed by atoms with Crippen LogP contribution >= 0.6 is 15.9 Å². The van der Waals surface area contributed by atoms with Gasteiger partial charge in [-0.1, -0.05) is 0 Å². The monoisotopic (exact) mass is 327 g/mol. The van der Waals surface area contributed by atoms with Crippen LogP contribution in [-0.4, -0.2) is 34.5 Å². The van der Waals surface area contributed by atoms with E-state index in [1.165, 1.54) is 27.7 Å². The van der Waals surface area contributed by atoms with E-state index in [0.29, 0.717) is 19.6 Å². The molecule has 0 saturated carbocycles. The highest BCUT2D eigenvalue weighted by Gasteiger charge is 2.24. The predicted octanol–water partition coefficient (Wildman–Crippen LogP) is 1.90. The summed E-state index contributed by atoms with van der Waals surface area (Å²) in [5.41, 5.74) is 0. The van der Waals surface area contributed by atoms with Crippen molar-refractivity contribution in [2.45, 2.75) is 38.6 Å². The smallest absolute Gasteiger partial charge is 0.302 e. The maximum absolute atomic E-state index is 10.2. The average molecular weight is 328 g/mol. The first kappa shape index (κ1) is 19.2. The number of ether oxygens (including phenoxy) is 2. The van der Waals surface area contributed by atoms with Crippen LogP contribution in [0.5, 0.6) is 0 Å². The molecule has 0 aromatic heterocycles. The molecule has 0 aliphatic carbocycles. The standard InChI is InChI=1S/C7H12O4.C3H6BrNO2/c1-6(8)10-4-3-5-11-7(2)9;1-3(2,4)5(6)7/h3-5H2,1-2H3;1-2H3. The number of alkyl halides is 1. The van der Waals surface area contributed by atoms with Gasteiger partial charge in [0.1, 0.15) is 0 Å². The molecule has 0 radical (unpaired) electrons. The van der Waals surface area contributed by atoms with Gasteiger partial charge in [0.2, 0.25) is 0 Å². The van der Waals surface area contributed by atoms with Crippen LogP contribution in [0, 0.1) is 10.1 Å². The van der Waals surface area contributed by atoms with Crippen molar-refractivity contribution in [1.82, 2.24) is 0 Å². The van der Waals surface area contributed by atoms with Crippen LogP contribution in [0.3, 0.4) is 0 Å². The number of halogens is 1. The van der Waals surface area contributed by atoms with Gasteiger partial charge < -0.3 is 9.47 Å². The third-order valence-corrected chi connectivity index (χ3v) is 1.62. The van der Waals surface area contributed by atoms with Crippen LogP contribution in [0.2, 0.25) is 0 Å². The van der Waals surface area contributed by atoms with E-state index in [4.69, 9.17) is 0 Å². The number of hydrogen-bond donors (Lipinski definition) is 0. The van der Waals surface area contributed by atoms with Gasteiger partial charge in [-0.15, -0.1) is 0 Å². The van der Waals surface area contributed by atoms with Crippen molar-refractivity contribution in [3.63, 3.8) is 0 Å². The summed E-state index contributed by atoms with van der Waals surface area (Å²) in [5, 5.41) is 9.78. The van der Waals surface area contributed by atoms with Gasteiger partial charge in [-0.05, 0) is 15.9 Å². The Kier molecular flexibility index (Phi) is 10.4. The van der Waals surface area contributed by atoms with Crippen LogP contribution in [0.15, 0.2) is 0 Å². The Morgan fingerprint density at radius 2 is 1.44 bits per heavy atom. The number of hydrogen-bond acceptors (Lipinski definition) is 6. The Morgan fingerprint density at radius 1 is 1.17 bits per heavy atom. The number of rotatable bonds is 5. The highest BCUT2D eigenvalue weighted by atomic mass is 79.9. The van der Waals surface area contributed by atoms with Gasteiger partial charge in [0.25, 0.3) is 4.45 Å². The van der Waals surface area contributed by atoms with Gasteiger partial charge in [0.05, 0.1) is 13.2 Å². The molecule has 0 atom stereocenters. The first-order chi connectivity index (χ1) is 8.07. The molecule has 0 heterocycles. The fourth-order valence-electron chi connectivity index (χ4n) is 0.491. The van der Waals surface area contributed by atoms with Gasteiger partial charge in [-0.2, -0.15) is 0 Å². The van der Waals surface area contributed by atoms with Crippen molar-refractivity contribution < 1.29 is 24.0 Å². The Hall–Kier alpha value is -1.18. The molecule has 0 unspecified atom stereocenters. The Morgan fingerprint density at radius 3 is 1.61 bits per heavy atom. The predicted molar refractivity (Wildman–Crippen MR) is 67.9 cm³/mol. The zero-order chi connectivity index (χ0) is 14.8. The van der Waals surface area contributed by atoms with Crippen molar-refractivity contribution in [3.8, 4) is 0 Å². The second-order valence-electron chi connectivity index (χ2n) is 3.70. The SMILES string of the molecule is CC(=O)OCCCOC(C)=O.CC(C)(Br)[N+](=O)[O-]. The van der Waals surface area contributed by atoms with E-state index in [1.54, 1.807) is 0 Å². The maximum Gasteiger partial charge on any atom is 0.302 e. The first-order valence-corrected chi connectivity index (χ1v) is 5.96. The van der Waals surface area contributed by atoms with Crippen LogP contribution in [0.25, 0.3) is 0 Å². The fourth-order valence-corrected chi connectivity index (χ4v) is 0.491. The van der Waals surface area contributed by atoms with Gasteiger partial charge in [0.15, 0.2) is 0 Å². The van der Waals surface area contributed by atoms with Crippen molar-refractivity contribution in [3.05, 3.63) is 10.1 Å². The van der Waals surface area contributed by atoms with Crippen molar-refractivity contribution in [2.75, 3.05) is 13.2 Å². The average Bonchev–Trinajstić information content (AvgIpc) is 2.15. The molecular formula is C10H18BrNO6. The fraction of sp³-hybridized carbons (Fsp3) is 0.800. The van der Waals surface area contributed by atoms with Crippen molar-refractivity contribution in [1.29, 1.82) is 0 Å². The molecule has 0 N–H and O–H groups in total. The molecule has 7 nitrogen and oxygen atoms in total. The summed E-state index contributed by atoms with van der Waals surface area (Å²) in [5.74, 6) is -0.624.